The molecule has 2 aromatic rings. The molecule has 11 heteroatoms. The Bertz CT molecular complexity index is 1130. The summed E-state index contributed by atoms with van der Waals surface area (Å²) in [6.07, 6.45) is -1.09. The van der Waals surface area contributed by atoms with Gasteiger partial charge in [0.2, 0.25) is 11.8 Å². The van der Waals surface area contributed by atoms with Crippen LogP contribution in [0.3, 0.4) is 0 Å². The maximum Gasteiger partial charge on any atom is 0.334 e. The number of rotatable bonds is 10. The van der Waals surface area contributed by atoms with Gasteiger partial charge in [-0.05, 0) is 17.5 Å². The lowest BCUT2D eigenvalue weighted by Gasteiger charge is -2.54. The van der Waals surface area contributed by atoms with Crippen LogP contribution in [-0.2, 0) is 32.3 Å². The fourth-order valence-corrected chi connectivity index (χ4v) is 4.84. The first-order chi connectivity index (χ1) is 18.3. The number of carboxylic acid groups (broad SMARTS) is 1. The number of carbonyl (C=O) groups is 4. The number of likely N-dealkylation sites (N-methyl/N-ethyl adjacent to an activating group) is 1. The van der Waals surface area contributed by atoms with E-state index in [9.17, 15) is 24.3 Å². The Hall–Kier alpha value is -3.96. The lowest BCUT2D eigenvalue weighted by Crippen LogP contribution is -2.76. The molecule has 202 valence electrons. The van der Waals surface area contributed by atoms with Crippen LogP contribution in [0.4, 0.5) is 4.79 Å². The summed E-state index contributed by atoms with van der Waals surface area (Å²) < 4.78 is 5.77. The average molecular weight is 524 g/mol. The molecule has 2 aromatic carbocycles. The van der Waals surface area contributed by atoms with Crippen molar-refractivity contribution in [2.45, 2.75) is 38.2 Å². The summed E-state index contributed by atoms with van der Waals surface area (Å²) in [5.41, 5.74) is 1.92. The van der Waals surface area contributed by atoms with Gasteiger partial charge in [-0.25, -0.2) is 14.8 Å². The lowest BCUT2D eigenvalue weighted by atomic mass is 10.0. The molecule has 4 amide bonds. The number of benzene rings is 2. The molecule has 0 aliphatic carbocycles. The smallest absolute Gasteiger partial charge is 0.334 e. The fraction of sp³-hybridized carbons (Fsp3) is 0.407. The Kier molecular flexibility index (Phi) is 8.93. The number of piperazine rings is 1. The molecule has 2 aliphatic heterocycles. The number of fused-ring (bicyclic) bond motifs is 1. The van der Waals surface area contributed by atoms with Gasteiger partial charge in [-0.3, -0.25) is 14.4 Å². The molecule has 2 saturated heterocycles. The molecule has 0 radical (unpaired) electrons. The molecule has 0 aromatic heterocycles. The van der Waals surface area contributed by atoms with E-state index >= 15 is 0 Å². The number of nitrogens with one attached hydrogen (secondary N) is 1. The molecule has 38 heavy (non-hydrogen) atoms. The zero-order valence-electron chi connectivity index (χ0n) is 21.4. The summed E-state index contributed by atoms with van der Waals surface area (Å²) in [7, 11) is 1.65. The van der Waals surface area contributed by atoms with Gasteiger partial charge >= 0.3 is 12.0 Å². The highest BCUT2D eigenvalue weighted by molar-refractivity contribution is 5.91. The minimum Gasteiger partial charge on any atom is -0.481 e. The molecule has 4 rings (SSSR count). The van der Waals surface area contributed by atoms with E-state index in [0.29, 0.717) is 13.2 Å². The van der Waals surface area contributed by atoms with Gasteiger partial charge < -0.3 is 25.0 Å². The van der Waals surface area contributed by atoms with E-state index in [0.717, 1.165) is 11.1 Å². The van der Waals surface area contributed by atoms with Gasteiger partial charge in [-0.1, -0.05) is 60.7 Å². The van der Waals surface area contributed by atoms with Crippen molar-refractivity contribution in [1.29, 1.82) is 0 Å². The summed E-state index contributed by atoms with van der Waals surface area (Å²) in [5, 5.41) is 15.1. The molecule has 2 aliphatic rings. The first kappa shape index (κ1) is 27.1. The number of urea groups is 1. The summed E-state index contributed by atoms with van der Waals surface area (Å²) >= 11 is 0. The van der Waals surface area contributed by atoms with Crippen molar-refractivity contribution in [3.8, 4) is 0 Å². The van der Waals surface area contributed by atoms with Crippen molar-refractivity contribution in [2.24, 2.45) is 0 Å². The highest BCUT2D eigenvalue weighted by Gasteiger charge is 2.50. The Morgan fingerprint density at radius 3 is 2.34 bits per heavy atom. The predicted molar refractivity (Wildman–Crippen MR) is 137 cm³/mol. The van der Waals surface area contributed by atoms with Crippen LogP contribution in [0, 0.1) is 0 Å². The van der Waals surface area contributed by atoms with E-state index in [1.54, 1.807) is 11.9 Å². The minimum atomic E-state index is -1.06. The predicted octanol–water partition coefficient (Wildman–Crippen LogP) is 1.51. The Morgan fingerprint density at radius 2 is 1.68 bits per heavy atom. The van der Waals surface area contributed by atoms with E-state index in [1.165, 1.54) is 14.9 Å². The number of hydrogen-bond acceptors (Lipinski definition) is 6. The minimum absolute atomic E-state index is 0.0407. The second-order valence-electron chi connectivity index (χ2n) is 9.36. The van der Waals surface area contributed by atoms with Crippen LogP contribution in [0.15, 0.2) is 60.7 Å². The number of hydrogen-bond donors (Lipinski definition) is 2. The third-order valence-corrected chi connectivity index (χ3v) is 6.68. The molecule has 0 saturated carbocycles. The van der Waals surface area contributed by atoms with Crippen molar-refractivity contribution in [2.75, 3.05) is 33.3 Å². The highest BCUT2D eigenvalue weighted by atomic mass is 16.5. The Balaban J connectivity index is 1.49. The van der Waals surface area contributed by atoms with Crippen molar-refractivity contribution < 1.29 is 29.0 Å². The van der Waals surface area contributed by atoms with Gasteiger partial charge in [0.05, 0.1) is 26.3 Å². The summed E-state index contributed by atoms with van der Waals surface area (Å²) in [6.45, 7) is 1.16. The molecular weight excluding hydrogens is 490 g/mol. The molecule has 0 bridgehead atoms. The van der Waals surface area contributed by atoms with Gasteiger partial charge in [-0.15, -0.1) is 0 Å². The quantitative estimate of drug-likeness (QED) is 0.453. The van der Waals surface area contributed by atoms with Crippen LogP contribution >= 0.6 is 0 Å². The molecule has 0 spiro atoms. The molecule has 2 atom stereocenters. The number of amides is 4. The molecule has 2 heterocycles. The van der Waals surface area contributed by atoms with E-state index in [-0.39, 0.29) is 50.9 Å². The zero-order valence-corrected chi connectivity index (χ0v) is 21.4. The van der Waals surface area contributed by atoms with Crippen LogP contribution in [0.2, 0.25) is 0 Å². The normalized spacial score (nSPS) is 19.9. The van der Waals surface area contributed by atoms with Crippen LogP contribution < -0.4 is 5.32 Å². The van der Waals surface area contributed by atoms with Crippen molar-refractivity contribution in [3.05, 3.63) is 71.8 Å². The summed E-state index contributed by atoms with van der Waals surface area (Å²) in [4.78, 5) is 54.1. The van der Waals surface area contributed by atoms with Gasteiger partial charge in [0, 0.05) is 26.6 Å². The first-order valence-corrected chi connectivity index (χ1v) is 12.6. The van der Waals surface area contributed by atoms with Crippen LogP contribution in [0.5, 0.6) is 0 Å². The van der Waals surface area contributed by atoms with E-state index in [2.05, 4.69) is 5.32 Å². The van der Waals surface area contributed by atoms with Crippen LogP contribution in [0.25, 0.3) is 0 Å². The largest absolute Gasteiger partial charge is 0.481 e. The first-order valence-electron chi connectivity index (χ1n) is 12.6. The van der Waals surface area contributed by atoms with Gasteiger partial charge in [0.25, 0.3) is 0 Å². The standard InChI is InChI=1S/C27H33N5O6/c1-29-18-24(33)31-22(12-13-25(34)35)26(36)30(14-15-38-19-21-10-6-3-7-11-21)17-23(31)32(29)27(37)28-16-20-8-4-2-5-9-20/h2-11,22-23H,12-19H2,1H3,(H,28,37)(H,34,35)/t22-,23-/m0/s1. The molecular formula is C27H33N5O6. The summed E-state index contributed by atoms with van der Waals surface area (Å²) in [5.74, 6) is -1.72. The lowest BCUT2D eigenvalue weighted by molar-refractivity contribution is -0.188. The molecule has 0 unspecified atom stereocenters. The number of carboxylic acids is 1. The van der Waals surface area contributed by atoms with Gasteiger partial charge in [0.1, 0.15) is 12.2 Å². The van der Waals surface area contributed by atoms with E-state index < -0.39 is 24.2 Å². The Labute approximate surface area is 221 Å². The maximum atomic E-state index is 13.4. The summed E-state index contributed by atoms with van der Waals surface area (Å²) in [6, 6.07) is 17.7. The Morgan fingerprint density at radius 1 is 1.03 bits per heavy atom. The molecule has 11 nitrogen and oxygen atoms in total. The third kappa shape index (κ3) is 6.48. The monoisotopic (exact) mass is 523 g/mol. The number of ether oxygens (including phenoxy) is 1. The SMILES string of the molecule is CN1CC(=O)N2[C@@H](CCC(=O)O)C(=O)N(CCOCc3ccccc3)C[C@@H]2N1C(=O)NCc1ccccc1. The van der Waals surface area contributed by atoms with Crippen molar-refractivity contribution >= 4 is 23.8 Å². The van der Waals surface area contributed by atoms with Crippen LogP contribution in [-0.4, -0.2) is 94.2 Å². The number of hydrazine groups is 1. The van der Waals surface area contributed by atoms with E-state index in [4.69, 9.17) is 4.74 Å². The fourth-order valence-electron chi connectivity index (χ4n) is 4.84. The van der Waals surface area contributed by atoms with Gasteiger partial charge in [0.15, 0.2) is 0 Å². The number of nitrogens with zero attached hydrogens (tertiary/aromatic N) is 4. The maximum absolute atomic E-state index is 13.4. The average Bonchev–Trinajstić information content (AvgIpc) is 2.91. The van der Waals surface area contributed by atoms with Crippen LogP contribution in [0.1, 0.15) is 24.0 Å². The number of aliphatic carboxylic acids is 1. The second-order valence-corrected chi connectivity index (χ2v) is 9.36. The second kappa shape index (κ2) is 12.5. The van der Waals surface area contributed by atoms with E-state index in [1.807, 2.05) is 60.7 Å². The zero-order chi connectivity index (χ0) is 27.1. The number of carbonyl (C=O) groups excluding carboxylic acids is 3. The molecule has 2 fully saturated rings. The van der Waals surface area contributed by atoms with Crippen molar-refractivity contribution in [1.82, 2.24) is 25.1 Å². The topological polar surface area (TPSA) is 123 Å². The van der Waals surface area contributed by atoms with Crippen molar-refractivity contribution in [3.63, 3.8) is 0 Å². The molecule has 2 N–H and O–H groups in total. The third-order valence-electron chi connectivity index (χ3n) is 6.68. The highest BCUT2D eigenvalue weighted by Crippen LogP contribution is 2.28. The van der Waals surface area contributed by atoms with Gasteiger partial charge in [-0.2, -0.15) is 0 Å².